The van der Waals surface area contributed by atoms with Gasteiger partial charge in [0.2, 0.25) is 0 Å². The van der Waals surface area contributed by atoms with E-state index >= 15 is 0 Å². The molecule has 0 unspecified atom stereocenters. The van der Waals surface area contributed by atoms with Gasteiger partial charge in [0.1, 0.15) is 5.75 Å². The molecule has 0 saturated heterocycles. The van der Waals surface area contributed by atoms with Crippen molar-refractivity contribution in [1.82, 2.24) is 0 Å². The first-order valence-corrected chi connectivity index (χ1v) is 4.92. The topological polar surface area (TPSA) is 46.2 Å². The number of rotatable bonds is 3. The first-order valence-electron chi connectivity index (χ1n) is 4.92. The predicted molar refractivity (Wildman–Crippen MR) is 55.1 cm³/mol. The van der Waals surface area contributed by atoms with Crippen LogP contribution in [0.3, 0.4) is 0 Å². The summed E-state index contributed by atoms with van der Waals surface area (Å²) in [6.45, 7) is 1.68. The number of hydrogen-bond donors (Lipinski definition) is 2. The molecule has 0 fully saturated rings. The maximum absolute atomic E-state index is 12.0. The van der Waals surface area contributed by atoms with Crippen LogP contribution in [0, 0.1) is 6.92 Å². The number of phenolic OH excluding ortho intramolecular Hbond substituents is 1. The summed E-state index contributed by atoms with van der Waals surface area (Å²) in [4.78, 5) is 0. The van der Waals surface area contributed by atoms with Gasteiger partial charge in [-0.2, -0.15) is 13.2 Å². The molecule has 90 valence electrons. The Morgan fingerprint density at radius 3 is 2.56 bits per heavy atom. The zero-order chi connectivity index (χ0) is 12.3. The van der Waals surface area contributed by atoms with E-state index in [0.29, 0.717) is 11.1 Å². The molecule has 16 heavy (non-hydrogen) atoms. The van der Waals surface area contributed by atoms with Crippen LogP contribution >= 0.6 is 0 Å². The van der Waals surface area contributed by atoms with Gasteiger partial charge in [0, 0.05) is 18.0 Å². The zero-order valence-electron chi connectivity index (χ0n) is 8.88. The van der Waals surface area contributed by atoms with Gasteiger partial charge in [-0.15, -0.1) is 0 Å². The lowest BCUT2D eigenvalue weighted by atomic mass is 9.99. The van der Waals surface area contributed by atoms with Gasteiger partial charge in [-0.25, -0.2) is 0 Å². The van der Waals surface area contributed by atoms with E-state index in [9.17, 15) is 18.3 Å². The molecule has 0 aliphatic rings. The SMILES string of the molecule is Cc1cccc([C@H](N)CCC(F)(F)F)c1O. The maximum atomic E-state index is 12.0. The van der Waals surface area contributed by atoms with Crippen LogP contribution in [0.15, 0.2) is 18.2 Å². The number of nitrogens with two attached hydrogens (primary N) is 1. The van der Waals surface area contributed by atoms with Gasteiger partial charge in [0.05, 0.1) is 0 Å². The van der Waals surface area contributed by atoms with E-state index in [2.05, 4.69) is 0 Å². The first kappa shape index (κ1) is 12.8. The number of alkyl halides is 3. The van der Waals surface area contributed by atoms with Crippen LogP contribution in [-0.2, 0) is 0 Å². The third kappa shape index (κ3) is 3.41. The molecule has 0 heterocycles. The van der Waals surface area contributed by atoms with Crippen molar-refractivity contribution in [2.24, 2.45) is 5.73 Å². The number of phenols is 1. The number of benzene rings is 1. The van der Waals surface area contributed by atoms with Gasteiger partial charge in [-0.3, -0.25) is 0 Å². The van der Waals surface area contributed by atoms with Crippen molar-refractivity contribution in [2.75, 3.05) is 0 Å². The normalized spacial score (nSPS) is 13.8. The molecule has 0 aliphatic carbocycles. The lowest BCUT2D eigenvalue weighted by molar-refractivity contribution is -0.136. The summed E-state index contributed by atoms with van der Waals surface area (Å²) in [6.07, 6.45) is -5.38. The van der Waals surface area contributed by atoms with E-state index in [1.54, 1.807) is 25.1 Å². The number of aromatic hydroxyl groups is 1. The van der Waals surface area contributed by atoms with Crippen molar-refractivity contribution in [3.8, 4) is 5.75 Å². The largest absolute Gasteiger partial charge is 0.507 e. The first-order chi connectivity index (χ1) is 7.31. The van der Waals surface area contributed by atoms with E-state index in [4.69, 9.17) is 5.73 Å². The van der Waals surface area contributed by atoms with E-state index in [0.717, 1.165) is 0 Å². The van der Waals surface area contributed by atoms with Crippen molar-refractivity contribution < 1.29 is 18.3 Å². The Bertz CT molecular complexity index is 363. The highest BCUT2D eigenvalue weighted by atomic mass is 19.4. The highest BCUT2D eigenvalue weighted by Gasteiger charge is 2.28. The molecule has 2 nitrogen and oxygen atoms in total. The zero-order valence-corrected chi connectivity index (χ0v) is 8.88. The minimum Gasteiger partial charge on any atom is -0.507 e. The Kier molecular flexibility index (Phi) is 3.80. The quantitative estimate of drug-likeness (QED) is 0.842. The average molecular weight is 233 g/mol. The molecular weight excluding hydrogens is 219 g/mol. The molecule has 0 radical (unpaired) electrons. The van der Waals surface area contributed by atoms with Gasteiger partial charge in [-0.05, 0) is 18.9 Å². The Morgan fingerprint density at radius 2 is 2.00 bits per heavy atom. The summed E-state index contributed by atoms with van der Waals surface area (Å²) in [5.74, 6) is -0.0165. The molecule has 0 aromatic heterocycles. The number of para-hydroxylation sites is 1. The number of halogens is 3. The summed E-state index contributed by atoms with van der Waals surface area (Å²) in [7, 11) is 0. The molecule has 0 aliphatic heterocycles. The third-order valence-electron chi connectivity index (χ3n) is 2.41. The molecule has 1 aromatic rings. The lowest BCUT2D eigenvalue weighted by Crippen LogP contribution is -2.16. The van der Waals surface area contributed by atoms with Gasteiger partial charge in [-0.1, -0.05) is 18.2 Å². The van der Waals surface area contributed by atoms with Gasteiger partial charge < -0.3 is 10.8 Å². The van der Waals surface area contributed by atoms with Crippen LogP contribution in [0.1, 0.15) is 30.0 Å². The van der Waals surface area contributed by atoms with Gasteiger partial charge in [0.15, 0.2) is 0 Å². The summed E-state index contributed by atoms with van der Waals surface area (Å²) in [5, 5.41) is 9.64. The molecule has 0 spiro atoms. The summed E-state index contributed by atoms with van der Waals surface area (Å²) in [5.41, 5.74) is 6.59. The number of aryl methyl sites for hydroxylation is 1. The van der Waals surface area contributed by atoms with Crippen LogP contribution in [0.25, 0.3) is 0 Å². The van der Waals surface area contributed by atoms with Crippen molar-refractivity contribution in [3.63, 3.8) is 0 Å². The van der Waals surface area contributed by atoms with Crippen LogP contribution in [0.5, 0.6) is 5.75 Å². The Balaban J connectivity index is 2.73. The third-order valence-corrected chi connectivity index (χ3v) is 2.41. The molecule has 0 saturated carbocycles. The Labute approximate surface area is 91.9 Å². The standard InChI is InChI=1S/C11H14F3NO/c1-7-3-2-4-8(10(7)16)9(15)5-6-11(12,13)14/h2-4,9,16H,5-6,15H2,1H3/t9-/m1/s1. The fourth-order valence-electron chi connectivity index (χ4n) is 1.46. The molecule has 1 aromatic carbocycles. The van der Waals surface area contributed by atoms with Gasteiger partial charge >= 0.3 is 6.18 Å². The highest BCUT2D eigenvalue weighted by Crippen LogP contribution is 2.31. The predicted octanol–water partition coefficient (Wildman–Crippen LogP) is 3.04. The second kappa shape index (κ2) is 4.74. The average Bonchev–Trinajstić information content (AvgIpc) is 2.17. The second-order valence-corrected chi connectivity index (χ2v) is 3.77. The van der Waals surface area contributed by atoms with E-state index in [1.165, 1.54) is 0 Å². The van der Waals surface area contributed by atoms with E-state index in [1.807, 2.05) is 0 Å². The second-order valence-electron chi connectivity index (χ2n) is 3.77. The molecule has 5 heteroatoms. The molecule has 0 bridgehead atoms. The van der Waals surface area contributed by atoms with E-state index < -0.39 is 18.6 Å². The van der Waals surface area contributed by atoms with Crippen molar-refractivity contribution >= 4 is 0 Å². The monoisotopic (exact) mass is 233 g/mol. The highest BCUT2D eigenvalue weighted by molar-refractivity contribution is 5.41. The molecule has 3 N–H and O–H groups in total. The van der Waals surface area contributed by atoms with Crippen molar-refractivity contribution in [1.29, 1.82) is 0 Å². The van der Waals surface area contributed by atoms with Crippen LogP contribution < -0.4 is 5.73 Å². The molecular formula is C11H14F3NO. The summed E-state index contributed by atoms with van der Waals surface area (Å²) < 4.78 is 36.0. The fourth-order valence-corrected chi connectivity index (χ4v) is 1.46. The lowest BCUT2D eigenvalue weighted by Gasteiger charge is -2.15. The van der Waals surface area contributed by atoms with Crippen molar-refractivity contribution in [2.45, 2.75) is 32.0 Å². The fraction of sp³-hybridized carbons (Fsp3) is 0.455. The van der Waals surface area contributed by atoms with E-state index in [-0.39, 0.29) is 12.2 Å². The maximum Gasteiger partial charge on any atom is 0.389 e. The molecule has 1 atom stereocenters. The van der Waals surface area contributed by atoms with Crippen molar-refractivity contribution in [3.05, 3.63) is 29.3 Å². The number of hydrogen-bond acceptors (Lipinski definition) is 2. The minimum atomic E-state index is -4.21. The Morgan fingerprint density at radius 1 is 1.38 bits per heavy atom. The van der Waals surface area contributed by atoms with Crippen LogP contribution in [0.4, 0.5) is 13.2 Å². The summed E-state index contributed by atoms with van der Waals surface area (Å²) in [6, 6.07) is 4.10. The summed E-state index contributed by atoms with van der Waals surface area (Å²) >= 11 is 0. The molecule has 0 amide bonds. The molecule has 1 rings (SSSR count). The Hall–Kier alpha value is -1.23. The smallest absolute Gasteiger partial charge is 0.389 e. The minimum absolute atomic E-state index is 0.0165. The van der Waals surface area contributed by atoms with Gasteiger partial charge in [0.25, 0.3) is 0 Å². The van der Waals surface area contributed by atoms with Crippen LogP contribution in [-0.4, -0.2) is 11.3 Å². The van der Waals surface area contributed by atoms with Crippen LogP contribution in [0.2, 0.25) is 0 Å².